The molecule has 1 saturated carbocycles. The van der Waals surface area contributed by atoms with Crippen LogP contribution in [0.5, 0.6) is 0 Å². The first kappa shape index (κ1) is 13.9. The van der Waals surface area contributed by atoms with Crippen molar-refractivity contribution in [1.82, 2.24) is 10.2 Å². The van der Waals surface area contributed by atoms with Crippen molar-refractivity contribution in [2.45, 2.75) is 38.1 Å². The fraction of sp³-hybridized carbons (Fsp3) is 0.714. The van der Waals surface area contributed by atoms with Gasteiger partial charge in [0.1, 0.15) is 11.6 Å². The highest BCUT2D eigenvalue weighted by atomic mass is 16.5. The molecule has 0 unspecified atom stereocenters. The Balaban J connectivity index is 1.90. The van der Waals surface area contributed by atoms with Gasteiger partial charge in [0.2, 0.25) is 0 Å². The van der Waals surface area contributed by atoms with E-state index in [0.29, 0.717) is 13.2 Å². The van der Waals surface area contributed by atoms with E-state index in [-0.39, 0.29) is 17.5 Å². The van der Waals surface area contributed by atoms with Crippen LogP contribution in [0.15, 0.2) is 11.8 Å². The largest absolute Gasteiger partial charge is 0.378 e. The molecule has 0 atom stereocenters. The fourth-order valence-corrected chi connectivity index (χ4v) is 2.54. The second-order valence-electron chi connectivity index (χ2n) is 5.11. The zero-order valence-corrected chi connectivity index (χ0v) is 11.2. The molecule has 5 nitrogen and oxygen atoms in total. The molecule has 0 aromatic carbocycles. The normalized spacial score (nSPS) is 21.8. The molecular weight excluding hydrogens is 242 g/mol. The fourth-order valence-electron chi connectivity index (χ4n) is 2.54. The Labute approximate surface area is 114 Å². The summed E-state index contributed by atoms with van der Waals surface area (Å²) in [5, 5.41) is 12.1. The maximum Gasteiger partial charge on any atom is 0.263 e. The predicted octanol–water partition coefficient (Wildman–Crippen LogP) is 1.17. The highest BCUT2D eigenvalue weighted by Gasteiger charge is 2.19. The molecule has 1 N–H and O–H groups in total. The molecule has 19 heavy (non-hydrogen) atoms. The average Bonchev–Trinajstić information content (AvgIpc) is 2.47. The second-order valence-corrected chi connectivity index (χ2v) is 5.11. The predicted molar refractivity (Wildman–Crippen MR) is 71.1 cm³/mol. The summed E-state index contributed by atoms with van der Waals surface area (Å²) in [6.45, 7) is 2.78. The van der Waals surface area contributed by atoms with E-state index in [9.17, 15) is 4.79 Å². The minimum absolute atomic E-state index is 0.201. The molecule has 0 radical (unpaired) electrons. The van der Waals surface area contributed by atoms with Crippen LogP contribution in [-0.4, -0.2) is 43.2 Å². The van der Waals surface area contributed by atoms with Gasteiger partial charge in [0, 0.05) is 25.3 Å². The summed E-state index contributed by atoms with van der Waals surface area (Å²) in [4.78, 5) is 14.0. The van der Waals surface area contributed by atoms with Gasteiger partial charge in [-0.25, -0.2) is 0 Å². The minimum atomic E-state index is -0.235. The van der Waals surface area contributed by atoms with E-state index < -0.39 is 0 Å². The zero-order chi connectivity index (χ0) is 13.5. The zero-order valence-electron chi connectivity index (χ0n) is 11.2. The first-order valence-corrected chi connectivity index (χ1v) is 7.04. The molecule has 104 valence electrons. The summed E-state index contributed by atoms with van der Waals surface area (Å²) in [7, 11) is 0. The molecule has 0 aromatic rings. The van der Waals surface area contributed by atoms with Crippen molar-refractivity contribution in [3.63, 3.8) is 0 Å². The lowest BCUT2D eigenvalue weighted by atomic mass is 9.95. The third kappa shape index (κ3) is 4.25. The van der Waals surface area contributed by atoms with Gasteiger partial charge in [-0.3, -0.25) is 4.79 Å². The number of nitrogens with one attached hydrogen (secondary N) is 1. The minimum Gasteiger partial charge on any atom is -0.378 e. The van der Waals surface area contributed by atoms with Crippen LogP contribution >= 0.6 is 0 Å². The van der Waals surface area contributed by atoms with Crippen LogP contribution < -0.4 is 5.32 Å². The lowest BCUT2D eigenvalue weighted by Gasteiger charge is -2.26. The monoisotopic (exact) mass is 263 g/mol. The van der Waals surface area contributed by atoms with Gasteiger partial charge in [0.15, 0.2) is 0 Å². The molecule has 1 saturated heterocycles. The highest BCUT2D eigenvalue weighted by molar-refractivity contribution is 5.97. The highest BCUT2D eigenvalue weighted by Crippen LogP contribution is 2.17. The number of hydrogen-bond acceptors (Lipinski definition) is 4. The molecule has 2 aliphatic rings. The lowest BCUT2D eigenvalue weighted by Crippen LogP contribution is -2.38. The maximum atomic E-state index is 12.1. The number of amides is 1. The number of carbonyl (C=O) groups excluding carboxylic acids is 1. The molecule has 0 bridgehead atoms. The van der Waals surface area contributed by atoms with Crippen molar-refractivity contribution in [3.8, 4) is 6.07 Å². The first-order valence-electron chi connectivity index (χ1n) is 7.04. The Morgan fingerprint density at radius 1 is 1.26 bits per heavy atom. The number of rotatable bonds is 3. The number of nitrogens with zero attached hydrogens (tertiary/aromatic N) is 2. The summed E-state index contributed by atoms with van der Waals surface area (Å²) >= 11 is 0. The van der Waals surface area contributed by atoms with E-state index in [1.165, 1.54) is 19.3 Å². The van der Waals surface area contributed by atoms with E-state index in [4.69, 9.17) is 10.00 Å². The Kier molecular flexibility index (Phi) is 5.22. The Morgan fingerprint density at radius 3 is 2.58 bits per heavy atom. The number of carbonyl (C=O) groups is 1. The SMILES string of the molecule is N#C/C(=C\N1CCOCC1)C(=O)NC1CCCCC1. The van der Waals surface area contributed by atoms with Crippen LogP contribution in [0.25, 0.3) is 0 Å². The molecule has 5 heteroatoms. The lowest BCUT2D eigenvalue weighted by molar-refractivity contribution is -0.118. The van der Waals surface area contributed by atoms with Crippen LogP contribution in [0.2, 0.25) is 0 Å². The van der Waals surface area contributed by atoms with E-state index in [0.717, 1.165) is 25.9 Å². The average molecular weight is 263 g/mol. The van der Waals surface area contributed by atoms with Crippen LogP contribution in [0.3, 0.4) is 0 Å². The quantitative estimate of drug-likeness (QED) is 0.613. The molecule has 1 aliphatic carbocycles. The van der Waals surface area contributed by atoms with E-state index in [1.54, 1.807) is 6.20 Å². The molecular formula is C14H21N3O2. The van der Waals surface area contributed by atoms with Crippen LogP contribution in [0.4, 0.5) is 0 Å². The van der Waals surface area contributed by atoms with Gasteiger partial charge in [-0.15, -0.1) is 0 Å². The van der Waals surface area contributed by atoms with Crippen molar-refractivity contribution in [2.75, 3.05) is 26.3 Å². The summed E-state index contributed by atoms with van der Waals surface area (Å²) in [5.41, 5.74) is 0.201. The summed E-state index contributed by atoms with van der Waals surface area (Å²) in [6, 6.07) is 2.24. The molecule has 2 rings (SSSR count). The second kappa shape index (κ2) is 7.15. The van der Waals surface area contributed by atoms with Crippen molar-refractivity contribution < 1.29 is 9.53 Å². The van der Waals surface area contributed by atoms with Gasteiger partial charge < -0.3 is 15.0 Å². The maximum absolute atomic E-state index is 12.1. The standard InChI is InChI=1S/C14H21N3O2/c15-10-12(11-17-6-8-19-9-7-17)14(18)16-13-4-2-1-3-5-13/h11,13H,1-9H2,(H,16,18)/b12-11+. The van der Waals surface area contributed by atoms with E-state index in [1.807, 2.05) is 11.0 Å². The van der Waals surface area contributed by atoms with Crippen molar-refractivity contribution in [2.24, 2.45) is 0 Å². The summed E-state index contributed by atoms with van der Waals surface area (Å²) < 4.78 is 5.24. The molecule has 1 heterocycles. The smallest absolute Gasteiger partial charge is 0.263 e. The van der Waals surface area contributed by atoms with Crippen molar-refractivity contribution >= 4 is 5.91 Å². The third-order valence-corrected chi connectivity index (χ3v) is 3.66. The van der Waals surface area contributed by atoms with Crippen molar-refractivity contribution in [3.05, 3.63) is 11.8 Å². The Morgan fingerprint density at radius 2 is 1.95 bits per heavy atom. The van der Waals surface area contributed by atoms with Gasteiger partial charge in [0.25, 0.3) is 5.91 Å². The molecule has 1 aliphatic heterocycles. The summed E-state index contributed by atoms with van der Waals surface area (Å²) in [6.07, 6.45) is 7.31. The van der Waals surface area contributed by atoms with Crippen LogP contribution in [0, 0.1) is 11.3 Å². The van der Waals surface area contributed by atoms with E-state index in [2.05, 4.69) is 5.32 Å². The number of morpholine rings is 1. The van der Waals surface area contributed by atoms with E-state index >= 15 is 0 Å². The number of ether oxygens (including phenoxy) is 1. The molecule has 0 spiro atoms. The number of nitriles is 1. The Hall–Kier alpha value is -1.54. The van der Waals surface area contributed by atoms with Crippen LogP contribution in [0.1, 0.15) is 32.1 Å². The van der Waals surface area contributed by atoms with Gasteiger partial charge in [0.05, 0.1) is 13.2 Å². The first-order chi connectivity index (χ1) is 9.29. The molecule has 2 fully saturated rings. The van der Waals surface area contributed by atoms with Gasteiger partial charge in [-0.05, 0) is 12.8 Å². The van der Waals surface area contributed by atoms with Crippen molar-refractivity contribution in [1.29, 1.82) is 5.26 Å². The van der Waals surface area contributed by atoms with Gasteiger partial charge >= 0.3 is 0 Å². The van der Waals surface area contributed by atoms with Gasteiger partial charge in [-0.1, -0.05) is 19.3 Å². The van der Waals surface area contributed by atoms with Gasteiger partial charge in [-0.2, -0.15) is 5.26 Å². The molecule has 1 amide bonds. The Bertz CT molecular complexity index is 375. The summed E-state index contributed by atoms with van der Waals surface area (Å²) in [5.74, 6) is -0.235. The van der Waals surface area contributed by atoms with Crippen LogP contribution in [-0.2, 0) is 9.53 Å². The topological polar surface area (TPSA) is 65.4 Å². The number of hydrogen-bond donors (Lipinski definition) is 1. The third-order valence-electron chi connectivity index (χ3n) is 3.66. The molecule has 0 aromatic heterocycles.